The van der Waals surface area contributed by atoms with Gasteiger partial charge in [0.1, 0.15) is 11.3 Å². The Kier molecular flexibility index (Phi) is 3.87. The molecule has 2 aliphatic carbocycles. The normalized spacial score (nSPS) is 11.6. The largest absolute Gasteiger partial charge is 0.492 e. The Bertz CT molecular complexity index is 709. The van der Waals surface area contributed by atoms with E-state index in [1.54, 1.807) is 6.26 Å². The summed E-state index contributed by atoms with van der Waals surface area (Å²) in [7, 11) is 0. The molecule has 0 spiro atoms. The van der Waals surface area contributed by atoms with Crippen molar-refractivity contribution < 1.29 is 9.15 Å². The molecule has 0 radical (unpaired) electrons. The second kappa shape index (κ2) is 5.80. The Balaban J connectivity index is 2.12. The minimum Gasteiger partial charge on any atom is -0.492 e. The van der Waals surface area contributed by atoms with E-state index >= 15 is 0 Å². The molecule has 0 aromatic carbocycles. The molecule has 1 heterocycles. The Hall–Kier alpha value is -1.96. The summed E-state index contributed by atoms with van der Waals surface area (Å²) in [5.74, 6) is 1.48. The molecule has 2 aliphatic rings. The highest BCUT2D eigenvalue weighted by Crippen LogP contribution is 2.45. The van der Waals surface area contributed by atoms with Crippen LogP contribution in [0, 0.1) is 0 Å². The van der Waals surface area contributed by atoms with Gasteiger partial charge in [0.05, 0.1) is 18.3 Å². The maximum atomic E-state index is 6.05. The van der Waals surface area contributed by atoms with Crippen molar-refractivity contribution >= 4 is 11.0 Å². The third-order valence-corrected chi connectivity index (χ3v) is 3.99. The van der Waals surface area contributed by atoms with E-state index in [-0.39, 0.29) is 0 Å². The summed E-state index contributed by atoms with van der Waals surface area (Å²) >= 11 is 0. The first-order valence-electron chi connectivity index (χ1n) is 7.78. The fourth-order valence-corrected chi connectivity index (χ4v) is 2.69. The van der Waals surface area contributed by atoms with E-state index in [1.165, 1.54) is 5.56 Å². The van der Waals surface area contributed by atoms with Crippen molar-refractivity contribution in [2.24, 2.45) is 0 Å². The van der Waals surface area contributed by atoms with Crippen LogP contribution in [0.15, 0.2) is 41.0 Å². The fraction of sp³-hybridized carbons (Fsp3) is 0.368. The summed E-state index contributed by atoms with van der Waals surface area (Å²) in [5.41, 5.74) is 4.54. The molecular weight excluding hydrogens is 260 g/mol. The lowest BCUT2D eigenvalue weighted by atomic mass is 10.1. The summed E-state index contributed by atoms with van der Waals surface area (Å²) in [5, 5.41) is 1.08. The van der Waals surface area contributed by atoms with Gasteiger partial charge in [-0.15, -0.1) is 0 Å². The molecule has 0 atom stereocenters. The zero-order valence-electron chi connectivity index (χ0n) is 13.0. The molecule has 0 aliphatic heterocycles. The van der Waals surface area contributed by atoms with Gasteiger partial charge in [-0.1, -0.05) is 51.5 Å². The smallest absolute Gasteiger partial charge is 0.145 e. The van der Waals surface area contributed by atoms with Gasteiger partial charge in [-0.25, -0.2) is 0 Å². The minimum atomic E-state index is 0.512. The first-order chi connectivity index (χ1) is 10.2. The molecule has 0 unspecified atom stereocenters. The third kappa shape index (κ3) is 2.51. The summed E-state index contributed by atoms with van der Waals surface area (Å²) in [4.78, 5) is 0. The topological polar surface area (TPSA) is 22.4 Å². The van der Waals surface area contributed by atoms with Gasteiger partial charge in [0.15, 0.2) is 0 Å². The van der Waals surface area contributed by atoms with Gasteiger partial charge in [-0.3, -0.25) is 0 Å². The van der Waals surface area contributed by atoms with Gasteiger partial charge >= 0.3 is 0 Å². The molecule has 110 valence electrons. The number of furan rings is 1. The molecule has 0 fully saturated rings. The lowest BCUT2D eigenvalue weighted by Crippen LogP contribution is -1.96. The average Bonchev–Trinajstić information content (AvgIpc) is 2.95. The summed E-state index contributed by atoms with van der Waals surface area (Å²) in [6.45, 7) is 7.35. The molecule has 1 aromatic rings. The molecule has 0 bridgehead atoms. The third-order valence-electron chi connectivity index (χ3n) is 3.99. The summed E-state index contributed by atoms with van der Waals surface area (Å²) in [6, 6.07) is 10.7. The van der Waals surface area contributed by atoms with Crippen LogP contribution in [0.3, 0.4) is 0 Å². The number of unbranched alkanes of at least 4 members (excludes halogenated alkanes) is 1. The highest BCUT2D eigenvalue weighted by atomic mass is 16.5. The molecule has 3 rings (SSSR count). The van der Waals surface area contributed by atoms with E-state index in [9.17, 15) is 0 Å². The zero-order chi connectivity index (χ0) is 14.8. The van der Waals surface area contributed by atoms with E-state index in [4.69, 9.17) is 9.15 Å². The molecule has 0 N–H and O–H groups in total. The Morgan fingerprint density at radius 2 is 1.81 bits per heavy atom. The van der Waals surface area contributed by atoms with Gasteiger partial charge in [0.25, 0.3) is 0 Å². The SMILES string of the molecule is CCCCOc1c2ccc(C(C)C)ccc-2c2occc12. The highest BCUT2D eigenvalue weighted by molar-refractivity contribution is 6.05. The zero-order valence-corrected chi connectivity index (χ0v) is 13.0. The van der Waals surface area contributed by atoms with Gasteiger partial charge < -0.3 is 9.15 Å². The molecular formula is C19H22O2. The minimum absolute atomic E-state index is 0.512. The lowest BCUT2D eigenvalue weighted by Gasteiger charge is -2.05. The molecule has 2 nitrogen and oxygen atoms in total. The van der Waals surface area contributed by atoms with Crippen molar-refractivity contribution in [3.05, 3.63) is 42.2 Å². The van der Waals surface area contributed by atoms with Crippen molar-refractivity contribution in [3.63, 3.8) is 0 Å². The highest BCUT2D eigenvalue weighted by Gasteiger charge is 2.20. The van der Waals surface area contributed by atoms with E-state index in [1.807, 2.05) is 6.07 Å². The predicted octanol–water partition coefficient (Wildman–Crippen LogP) is 5.84. The van der Waals surface area contributed by atoms with E-state index in [0.717, 1.165) is 47.3 Å². The summed E-state index contributed by atoms with van der Waals surface area (Å²) in [6.07, 6.45) is 3.95. The fourth-order valence-electron chi connectivity index (χ4n) is 2.69. The maximum Gasteiger partial charge on any atom is 0.145 e. The molecule has 2 heteroatoms. The predicted molar refractivity (Wildman–Crippen MR) is 87.3 cm³/mol. The molecule has 21 heavy (non-hydrogen) atoms. The van der Waals surface area contributed by atoms with Crippen LogP contribution < -0.4 is 4.74 Å². The number of ether oxygens (including phenoxy) is 1. The van der Waals surface area contributed by atoms with Crippen LogP contribution in [0.25, 0.3) is 22.1 Å². The quantitative estimate of drug-likeness (QED) is 0.548. The van der Waals surface area contributed by atoms with Crippen molar-refractivity contribution in [2.45, 2.75) is 39.5 Å². The van der Waals surface area contributed by atoms with Crippen molar-refractivity contribution in [3.8, 4) is 16.9 Å². The molecule has 1 aromatic heterocycles. The van der Waals surface area contributed by atoms with Gasteiger partial charge in [0, 0.05) is 11.1 Å². The number of hydrogen-bond donors (Lipinski definition) is 0. The number of rotatable bonds is 5. The van der Waals surface area contributed by atoms with Gasteiger partial charge in [0.2, 0.25) is 0 Å². The molecule has 0 amide bonds. The van der Waals surface area contributed by atoms with E-state index < -0.39 is 0 Å². The standard InChI is InChI=1S/C19H22O2/c1-4-5-11-20-18-15-8-6-14(13(2)3)7-9-16(15)19-17(18)10-12-21-19/h6-10,12-13H,4-5,11H2,1-3H3. The van der Waals surface area contributed by atoms with Crippen molar-refractivity contribution in [2.75, 3.05) is 6.61 Å². The van der Waals surface area contributed by atoms with Crippen molar-refractivity contribution in [1.82, 2.24) is 0 Å². The van der Waals surface area contributed by atoms with Crippen LogP contribution in [-0.4, -0.2) is 6.61 Å². The first-order valence-corrected chi connectivity index (χ1v) is 7.78. The Morgan fingerprint density at radius 3 is 2.52 bits per heavy atom. The van der Waals surface area contributed by atoms with E-state index in [0.29, 0.717) is 5.92 Å². The number of hydrogen-bond acceptors (Lipinski definition) is 2. The molecule has 0 saturated heterocycles. The van der Waals surface area contributed by atoms with Crippen LogP contribution in [0.5, 0.6) is 5.75 Å². The van der Waals surface area contributed by atoms with Crippen LogP contribution >= 0.6 is 0 Å². The monoisotopic (exact) mass is 282 g/mol. The Labute approximate surface area is 126 Å². The second-order valence-electron chi connectivity index (χ2n) is 5.84. The van der Waals surface area contributed by atoms with Gasteiger partial charge in [-0.05, 0) is 24.0 Å². The second-order valence-corrected chi connectivity index (χ2v) is 5.84. The van der Waals surface area contributed by atoms with E-state index in [2.05, 4.69) is 45.0 Å². The summed E-state index contributed by atoms with van der Waals surface area (Å²) < 4.78 is 11.7. The Morgan fingerprint density at radius 1 is 1.05 bits per heavy atom. The molecule has 0 saturated carbocycles. The average molecular weight is 282 g/mol. The maximum absolute atomic E-state index is 6.05. The van der Waals surface area contributed by atoms with Crippen LogP contribution in [0.2, 0.25) is 0 Å². The van der Waals surface area contributed by atoms with Crippen LogP contribution in [0.1, 0.15) is 45.1 Å². The first kappa shape index (κ1) is 14.0. The van der Waals surface area contributed by atoms with Gasteiger partial charge in [-0.2, -0.15) is 0 Å². The van der Waals surface area contributed by atoms with Crippen molar-refractivity contribution in [1.29, 1.82) is 0 Å². The van der Waals surface area contributed by atoms with Crippen LogP contribution in [-0.2, 0) is 0 Å². The van der Waals surface area contributed by atoms with Crippen LogP contribution in [0.4, 0.5) is 0 Å². The number of fused-ring (bicyclic) bond motifs is 3. The lowest BCUT2D eigenvalue weighted by molar-refractivity contribution is 0.315.